The summed E-state index contributed by atoms with van der Waals surface area (Å²) in [7, 11) is 0. The molecule has 1 aromatic heterocycles. The maximum Gasteiger partial charge on any atom is 0.0705 e. The van der Waals surface area contributed by atoms with E-state index in [9.17, 15) is 0 Å². The fourth-order valence-electron chi connectivity index (χ4n) is 1.60. The SMILES string of the molecule is C/C=C\c1cc2cccnc2cc1C. The third-order valence-corrected chi connectivity index (χ3v) is 2.34. The first kappa shape index (κ1) is 8.95. The van der Waals surface area contributed by atoms with Crippen molar-refractivity contribution in [2.45, 2.75) is 13.8 Å². The van der Waals surface area contributed by atoms with Gasteiger partial charge in [0.25, 0.3) is 0 Å². The van der Waals surface area contributed by atoms with Gasteiger partial charge < -0.3 is 0 Å². The van der Waals surface area contributed by atoms with Crippen molar-refractivity contribution in [3.05, 3.63) is 47.7 Å². The smallest absolute Gasteiger partial charge is 0.0705 e. The fourth-order valence-corrected chi connectivity index (χ4v) is 1.60. The van der Waals surface area contributed by atoms with Crippen LogP contribution in [0.25, 0.3) is 17.0 Å². The van der Waals surface area contributed by atoms with E-state index in [0.717, 1.165) is 5.52 Å². The summed E-state index contributed by atoms with van der Waals surface area (Å²) in [5, 5.41) is 1.20. The average molecular weight is 183 g/mol. The number of rotatable bonds is 1. The molecule has 0 radical (unpaired) electrons. The van der Waals surface area contributed by atoms with Crippen molar-refractivity contribution in [1.82, 2.24) is 4.98 Å². The Kier molecular flexibility index (Phi) is 2.32. The number of benzene rings is 1. The van der Waals surface area contributed by atoms with Gasteiger partial charge in [0, 0.05) is 11.6 Å². The van der Waals surface area contributed by atoms with E-state index in [4.69, 9.17) is 0 Å². The number of nitrogens with zero attached hydrogens (tertiary/aromatic N) is 1. The lowest BCUT2D eigenvalue weighted by Gasteiger charge is -2.02. The monoisotopic (exact) mass is 183 g/mol. The molecule has 0 spiro atoms. The van der Waals surface area contributed by atoms with Gasteiger partial charge in [-0.15, -0.1) is 0 Å². The van der Waals surface area contributed by atoms with E-state index in [0.29, 0.717) is 0 Å². The van der Waals surface area contributed by atoms with Gasteiger partial charge in [-0.05, 0) is 43.2 Å². The predicted octanol–water partition coefficient (Wildman–Crippen LogP) is 3.58. The molecular weight excluding hydrogens is 170 g/mol. The Labute approximate surface area is 84.1 Å². The molecule has 1 heteroatoms. The van der Waals surface area contributed by atoms with Crippen LogP contribution < -0.4 is 0 Å². The second-order valence-electron chi connectivity index (χ2n) is 3.40. The van der Waals surface area contributed by atoms with E-state index < -0.39 is 0 Å². The van der Waals surface area contributed by atoms with Gasteiger partial charge in [0.05, 0.1) is 5.52 Å². The van der Waals surface area contributed by atoms with Gasteiger partial charge in [0.2, 0.25) is 0 Å². The maximum absolute atomic E-state index is 4.32. The Morgan fingerprint density at radius 1 is 1.29 bits per heavy atom. The number of hydrogen-bond acceptors (Lipinski definition) is 1. The van der Waals surface area contributed by atoms with Crippen molar-refractivity contribution in [2.24, 2.45) is 0 Å². The van der Waals surface area contributed by atoms with Crippen LogP contribution in [0.5, 0.6) is 0 Å². The molecule has 1 aromatic carbocycles. The Hall–Kier alpha value is -1.63. The number of fused-ring (bicyclic) bond motifs is 1. The molecule has 1 nitrogen and oxygen atoms in total. The molecule has 0 amide bonds. The van der Waals surface area contributed by atoms with Gasteiger partial charge >= 0.3 is 0 Å². The summed E-state index contributed by atoms with van der Waals surface area (Å²) >= 11 is 0. The summed E-state index contributed by atoms with van der Waals surface area (Å²) in [6.45, 7) is 4.15. The zero-order valence-corrected chi connectivity index (χ0v) is 8.49. The van der Waals surface area contributed by atoms with Crippen molar-refractivity contribution in [1.29, 1.82) is 0 Å². The van der Waals surface area contributed by atoms with Gasteiger partial charge in [0.15, 0.2) is 0 Å². The van der Waals surface area contributed by atoms with Crippen molar-refractivity contribution in [3.63, 3.8) is 0 Å². The molecule has 14 heavy (non-hydrogen) atoms. The Balaban J connectivity index is 2.70. The Morgan fingerprint density at radius 3 is 2.93 bits per heavy atom. The van der Waals surface area contributed by atoms with Crippen LogP contribution in [0, 0.1) is 6.92 Å². The van der Waals surface area contributed by atoms with Crippen LogP contribution in [0.15, 0.2) is 36.5 Å². The highest BCUT2D eigenvalue weighted by atomic mass is 14.6. The third-order valence-electron chi connectivity index (χ3n) is 2.34. The number of hydrogen-bond donors (Lipinski definition) is 0. The molecule has 1 heterocycles. The number of aryl methyl sites for hydroxylation is 1. The first-order valence-electron chi connectivity index (χ1n) is 4.79. The summed E-state index contributed by atoms with van der Waals surface area (Å²) in [6.07, 6.45) is 6.02. The lowest BCUT2D eigenvalue weighted by Crippen LogP contribution is -1.84. The summed E-state index contributed by atoms with van der Waals surface area (Å²) < 4.78 is 0. The molecule has 0 saturated heterocycles. The second kappa shape index (κ2) is 3.62. The molecule has 0 aliphatic heterocycles. The van der Waals surface area contributed by atoms with E-state index in [2.05, 4.69) is 42.3 Å². The lowest BCUT2D eigenvalue weighted by molar-refractivity contribution is 1.38. The highest BCUT2D eigenvalue weighted by Gasteiger charge is 1.98. The van der Waals surface area contributed by atoms with Gasteiger partial charge in [-0.2, -0.15) is 0 Å². The first-order valence-corrected chi connectivity index (χ1v) is 4.79. The van der Waals surface area contributed by atoms with Crippen LogP contribution in [0.3, 0.4) is 0 Å². The van der Waals surface area contributed by atoms with Crippen LogP contribution in [0.1, 0.15) is 18.1 Å². The van der Waals surface area contributed by atoms with Gasteiger partial charge in [-0.3, -0.25) is 4.98 Å². The predicted molar refractivity (Wildman–Crippen MR) is 61.2 cm³/mol. The van der Waals surface area contributed by atoms with Crippen LogP contribution in [-0.2, 0) is 0 Å². The average Bonchev–Trinajstić information content (AvgIpc) is 2.19. The minimum atomic E-state index is 1.07. The molecule has 0 aliphatic rings. The molecule has 0 aliphatic carbocycles. The zero-order chi connectivity index (χ0) is 9.97. The van der Waals surface area contributed by atoms with Gasteiger partial charge in [-0.25, -0.2) is 0 Å². The molecular formula is C13H13N. The second-order valence-corrected chi connectivity index (χ2v) is 3.40. The maximum atomic E-state index is 4.32. The summed E-state index contributed by atoms with van der Waals surface area (Å²) in [6, 6.07) is 8.37. The molecule has 70 valence electrons. The quantitative estimate of drug-likeness (QED) is 0.658. The topological polar surface area (TPSA) is 12.9 Å². The summed E-state index contributed by atoms with van der Waals surface area (Å²) in [5.74, 6) is 0. The standard InChI is InChI=1S/C13H13N/c1-3-5-11-9-12-6-4-7-14-13(12)8-10(11)2/h3-9H,1-2H3/b5-3-. The van der Waals surface area contributed by atoms with E-state index >= 15 is 0 Å². The number of allylic oxidation sites excluding steroid dienone is 1. The number of pyridine rings is 1. The molecule has 0 unspecified atom stereocenters. The molecule has 0 bridgehead atoms. The summed E-state index contributed by atoms with van der Waals surface area (Å²) in [4.78, 5) is 4.32. The van der Waals surface area contributed by atoms with Crippen LogP contribution in [0.4, 0.5) is 0 Å². The van der Waals surface area contributed by atoms with Crippen molar-refractivity contribution in [3.8, 4) is 0 Å². The molecule has 0 atom stereocenters. The number of aromatic nitrogens is 1. The van der Waals surface area contributed by atoms with Gasteiger partial charge in [0.1, 0.15) is 0 Å². The fraction of sp³-hybridized carbons (Fsp3) is 0.154. The van der Waals surface area contributed by atoms with E-state index in [1.54, 1.807) is 0 Å². The van der Waals surface area contributed by atoms with Crippen molar-refractivity contribution >= 4 is 17.0 Å². The molecule has 2 aromatic rings. The van der Waals surface area contributed by atoms with Crippen molar-refractivity contribution in [2.75, 3.05) is 0 Å². The largest absolute Gasteiger partial charge is 0.256 e. The lowest BCUT2D eigenvalue weighted by atomic mass is 10.0. The minimum absolute atomic E-state index is 1.07. The molecule has 0 saturated carbocycles. The van der Waals surface area contributed by atoms with E-state index in [1.165, 1.54) is 16.5 Å². The van der Waals surface area contributed by atoms with Crippen LogP contribution in [-0.4, -0.2) is 4.98 Å². The zero-order valence-electron chi connectivity index (χ0n) is 8.49. The summed E-state index contributed by atoms with van der Waals surface area (Å²) in [5.41, 5.74) is 3.61. The molecule has 2 rings (SSSR count). The van der Waals surface area contributed by atoms with E-state index in [1.807, 2.05) is 19.2 Å². The third kappa shape index (κ3) is 1.53. The first-order chi connectivity index (χ1) is 6.81. The van der Waals surface area contributed by atoms with Crippen molar-refractivity contribution < 1.29 is 0 Å². The minimum Gasteiger partial charge on any atom is -0.256 e. The Bertz CT molecular complexity index is 484. The normalized spacial score (nSPS) is 11.3. The van der Waals surface area contributed by atoms with Gasteiger partial charge in [-0.1, -0.05) is 18.2 Å². The Morgan fingerprint density at radius 2 is 2.14 bits per heavy atom. The molecule has 0 fully saturated rings. The van der Waals surface area contributed by atoms with E-state index in [-0.39, 0.29) is 0 Å². The highest BCUT2D eigenvalue weighted by Crippen LogP contribution is 2.18. The molecule has 0 N–H and O–H groups in total. The highest BCUT2D eigenvalue weighted by molar-refractivity contribution is 5.82. The van der Waals surface area contributed by atoms with Crippen LogP contribution >= 0.6 is 0 Å². The van der Waals surface area contributed by atoms with Crippen LogP contribution in [0.2, 0.25) is 0 Å².